The molecule has 1 aromatic heterocycles. The van der Waals surface area contributed by atoms with Crippen LogP contribution in [0.1, 0.15) is 34.8 Å². The predicted octanol–water partition coefficient (Wildman–Crippen LogP) is 4.78. The Morgan fingerprint density at radius 3 is 2.78 bits per heavy atom. The van der Waals surface area contributed by atoms with Crippen LogP contribution >= 0.6 is 0 Å². The van der Waals surface area contributed by atoms with Gasteiger partial charge in [0, 0.05) is 42.7 Å². The second-order valence-electron chi connectivity index (χ2n) is 7.13. The molecule has 2 heterocycles. The topological polar surface area (TPSA) is 28.4 Å². The maximum Gasteiger partial charge on any atom is 0.163 e. The molecule has 2 aromatic carbocycles. The van der Waals surface area contributed by atoms with E-state index in [9.17, 15) is 13.9 Å². The standard InChI is InChI=1S/C22H22F2N2O/c1-15-8-9-20(27)16(13-15)14-26-12-4-11-25-10-3-7-19(25)22(26)17-5-2-6-18(23)21(17)24/h2-3,5-10,13,22,27H,4,11-12,14H2,1H3/t22-/m0/s1. The number of halogens is 2. The number of nitrogens with zero attached hydrogens (tertiary/aromatic N) is 2. The Labute approximate surface area is 157 Å². The molecule has 0 bridgehead atoms. The van der Waals surface area contributed by atoms with Gasteiger partial charge in [0.15, 0.2) is 11.6 Å². The number of hydrogen-bond acceptors (Lipinski definition) is 2. The van der Waals surface area contributed by atoms with Gasteiger partial charge in [-0.3, -0.25) is 4.90 Å². The minimum Gasteiger partial charge on any atom is -0.508 e. The Morgan fingerprint density at radius 1 is 1.07 bits per heavy atom. The Kier molecular flexibility index (Phi) is 4.70. The fraction of sp³-hybridized carbons (Fsp3) is 0.273. The molecular formula is C22H22F2N2O. The lowest BCUT2D eigenvalue weighted by molar-refractivity contribution is 0.213. The molecule has 0 radical (unpaired) electrons. The van der Waals surface area contributed by atoms with E-state index in [1.165, 1.54) is 0 Å². The van der Waals surface area contributed by atoms with Crippen molar-refractivity contribution in [2.45, 2.75) is 32.5 Å². The van der Waals surface area contributed by atoms with Crippen molar-refractivity contribution in [1.29, 1.82) is 0 Å². The van der Waals surface area contributed by atoms with Gasteiger partial charge in [0.25, 0.3) is 0 Å². The summed E-state index contributed by atoms with van der Waals surface area (Å²) in [5, 5.41) is 10.3. The van der Waals surface area contributed by atoms with Crippen LogP contribution in [0.4, 0.5) is 8.78 Å². The second-order valence-corrected chi connectivity index (χ2v) is 7.13. The van der Waals surface area contributed by atoms with Gasteiger partial charge >= 0.3 is 0 Å². The van der Waals surface area contributed by atoms with Crippen molar-refractivity contribution in [3.05, 3.63) is 88.7 Å². The van der Waals surface area contributed by atoms with E-state index in [0.29, 0.717) is 12.1 Å². The quantitative estimate of drug-likeness (QED) is 0.721. The minimum atomic E-state index is -0.840. The summed E-state index contributed by atoms with van der Waals surface area (Å²) in [5.41, 5.74) is 3.10. The van der Waals surface area contributed by atoms with Gasteiger partial charge in [0.1, 0.15) is 5.75 Å². The highest BCUT2D eigenvalue weighted by Crippen LogP contribution is 2.36. The molecule has 0 saturated carbocycles. The van der Waals surface area contributed by atoms with Gasteiger partial charge in [-0.1, -0.05) is 29.8 Å². The lowest BCUT2D eigenvalue weighted by atomic mass is 9.99. The Morgan fingerprint density at radius 2 is 1.93 bits per heavy atom. The fourth-order valence-electron chi connectivity index (χ4n) is 3.96. The summed E-state index contributed by atoms with van der Waals surface area (Å²) < 4.78 is 30.8. The minimum absolute atomic E-state index is 0.221. The monoisotopic (exact) mass is 368 g/mol. The van der Waals surface area contributed by atoms with Gasteiger partial charge in [-0.05, 0) is 37.6 Å². The van der Waals surface area contributed by atoms with Gasteiger partial charge < -0.3 is 9.67 Å². The number of hydrogen-bond donors (Lipinski definition) is 1. The van der Waals surface area contributed by atoms with Gasteiger partial charge in [0.2, 0.25) is 0 Å². The van der Waals surface area contributed by atoms with Crippen LogP contribution in [-0.4, -0.2) is 21.1 Å². The van der Waals surface area contributed by atoms with Crippen LogP contribution in [0.2, 0.25) is 0 Å². The molecule has 1 aliphatic rings. The molecule has 0 amide bonds. The SMILES string of the molecule is Cc1ccc(O)c(CN2CCCn3cccc3[C@@H]2c2cccc(F)c2F)c1. The van der Waals surface area contributed by atoms with E-state index in [0.717, 1.165) is 42.4 Å². The number of benzene rings is 2. The Hall–Kier alpha value is -2.66. The van der Waals surface area contributed by atoms with E-state index in [1.807, 2.05) is 37.4 Å². The zero-order chi connectivity index (χ0) is 19.0. The molecule has 1 atom stereocenters. The maximum absolute atomic E-state index is 14.7. The maximum atomic E-state index is 14.7. The summed E-state index contributed by atoms with van der Waals surface area (Å²) in [7, 11) is 0. The van der Waals surface area contributed by atoms with Crippen molar-refractivity contribution in [1.82, 2.24) is 9.47 Å². The summed E-state index contributed by atoms with van der Waals surface area (Å²) in [4.78, 5) is 2.12. The Bertz CT molecular complexity index is 967. The lowest BCUT2D eigenvalue weighted by Gasteiger charge is -2.31. The zero-order valence-electron chi connectivity index (χ0n) is 15.2. The first-order valence-corrected chi connectivity index (χ1v) is 9.16. The van der Waals surface area contributed by atoms with E-state index in [-0.39, 0.29) is 5.75 Å². The summed E-state index contributed by atoms with van der Waals surface area (Å²) in [5.74, 6) is -1.43. The highest BCUT2D eigenvalue weighted by Gasteiger charge is 2.30. The molecule has 0 saturated heterocycles. The van der Waals surface area contributed by atoms with Gasteiger partial charge in [-0.25, -0.2) is 8.78 Å². The second kappa shape index (κ2) is 7.16. The van der Waals surface area contributed by atoms with E-state index >= 15 is 0 Å². The van der Waals surface area contributed by atoms with Crippen molar-refractivity contribution in [2.24, 2.45) is 0 Å². The number of aryl methyl sites for hydroxylation is 2. The first-order chi connectivity index (χ1) is 13.0. The highest BCUT2D eigenvalue weighted by atomic mass is 19.2. The number of phenols is 1. The normalized spacial score (nSPS) is 17.5. The molecule has 4 rings (SSSR count). The summed E-state index contributed by atoms with van der Waals surface area (Å²) in [6.07, 6.45) is 2.87. The number of fused-ring (bicyclic) bond motifs is 1. The first kappa shape index (κ1) is 17.7. The third kappa shape index (κ3) is 3.35. The summed E-state index contributed by atoms with van der Waals surface area (Å²) in [6, 6.07) is 13.3. The van der Waals surface area contributed by atoms with Crippen molar-refractivity contribution < 1.29 is 13.9 Å². The van der Waals surface area contributed by atoms with E-state index in [4.69, 9.17) is 0 Å². The molecule has 3 aromatic rings. The number of aromatic nitrogens is 1. The third-order valence-corrected chi connectivity index (χ3v) is 5.24. The molecule has 27 heavy (non-hydrogen) atoms. The van der Waals surface area contributed by atoms with Crippen LogP contribution < -0.4 is 0 Å². The van der Waals surface area contributed by atoms with Crippen molar-refractivity contribution in [3.63, 3.8) is 0 Å². The van der Waals surface area contributed by atoms with Crippen LogP contribution in [0.5, 0.6) is 5.75 Å². The molecule has 0 unspecified atom stereocenters. The molecule has 140 valence electrons. The molecule has 3 nitrogen and oxygen atoms in total. The molecule has 0 fully saturated rings. The molecule has 0 spiro atoms. The molecule has 0 aliphatic carbocycles. The van der Waals surface area contributed by atoms with Crippen LogP contribution in [0.15, 0.2) is 54.7 Å². The largest absolute Gasteiger partial charge is 0.508 e. The molecular weight excluding hydrogens is 346 g/mol. The van der Waals surface area contributed by atoms with Crippen LogP contribution in [0.3, 0.4) is 0 Å². The van der Waals surface area contributed by atoms with Crippen molar-refractivity contribution in [2.75, 3.05) is 6.54 Å². The van der Waals surface area contributed by atoms with E-state index in [2.05, 4.69) is 9.47 Å². The summed E-state index contributed by atoms with van der Waals surface area (Å²) >= 11 is 0. The van der Waals surface area contributed by atoms with Crippen LogP contribution in [0.25, 0.3) is 0 Å². The smallest absolute Gasteiger partial charge is 0.163 e. The molecule has 1 N–H and O–H groups in total. The predicted molar refractivity (Wildman–Crippen MR) is 101 cm³/mol. The number of aromatic hydroxyl groups is 1. The fourth-order valence-corrected chi connectivity index (χ4v) is 3.96. The first-order valence-electron chi connectivity index (χ1n) is 9.16. The molecule has 1 aliphatic heterocycles. The Balaban J connectivity index is 1.81. The van der Waals surface area contributed by atoms with Gasteiger partial charge in [0.05, 0.1) is 6.04 Å². The third-order valence-electron chi connectivity index (χ3n) is 5.24. The van der Waals surface area contributed by atoms with Crippen molar-refractivity contribution in [3.8, 4) is 5.75 Å². The van der Waals surface area contributed by atoms with Crippen molar-refractivity contribution >= 4 is 0 Å². The van der Waals surface area contributed by atoms with E-state index < -0.39 is 17.7 Å². The van der Waals surface area contributed by atoms with Crippen LogP contribution in [-0.2, 0) is 13.1 Å². The van der Waals surface area contributed by atoms with E-state index in [1.54, 1.807) is 18.2 Å². The molecule has 5 heteroatoms. The van der Waals surface area contributed by atoms with Gasteiger partial charge in [-0.2, -0.15) is 0 Å². The highest BCUT2D eigenvalue weighted by molar-refractivity contribution is 5.37. The summed E-state index contributed by atoms with van der Waals surface area (Å²) in [6.45, 7) is 3.97. The average Bonchev–Trinajstić information content (AvgIpc) is 3.03. The van der Waals surface area contributed by atoms with Gasteiger partial charge in [-0.15, -0.1) is 0 Å². The lowest BCUT2D eigenvalue weighted by Crippen LogP contribution is -2.30. The number of rotatable bonds is 3. The number of phenolic OH excluding ortho intramolecular Hbond substituents is 1. The average molecular weight is 368 g/mol. The van der Waals surface area contributed by atoms with Crippen LogP contribution in [0, 0.1) is 18.6 Å². The zero-order valence-corrected chi connectivity index (χ0v) is 15.2.